The first-order chi connectivity index (χ1) is 10.2. The van der Waals surface area contributed by atoms with Crippen molar-refractivity contribution in [2.24, 2.45) is 0 Å². The van der Waals surface area contributed by atoms with Gasteiger partial charge in [-0.25, -0.2) is 0 Å². The summed E-state index contributed by atoms with van der Waals surface area (Å²) < 4.78 is 5.61. The number of carbonyl (C=O) groups is 1. The minimum Gasteiger partial charge on any atom is -0.484 e. The lowest BCUT2D eigenvalue weighted by Crippen LogP contribution is -2.35. The molecule has 0 aliphatic carbocycles. The van der Waals surface area contributed by atoms with Crippen LogP contribution in [0.25, 0.3) is 0 Å². The van der Waals surface area contributed by atoms with Gasteiger partial charge in [0, 0.05) is 13.1 Å². The Kier molecular flexibility index (Phi) is 5.81. The monoisotopic (exact) mass is 303 g/mol. The lowest BCUT2D eigenvalue weighted by atomic mass is 10.2. The van der Waals surface area contributed by atoms with Crippen molar-refractivity contribution >= 4 is 17.2 Å². The van der Waals surface area contributed by atoms with Gasteiger partial charge in [-0.2, -0.15) is 11.3 Å². The highest BCUT2D eigenvalue weighted by atomic mass is 32.1. The highest BCUT2D eigenvalue weighted by Gasteiger charge is 2.14. The zero-order chi connectivity index (χ0) is 15.1. The van der Waals surface area contributed by atoms with Gasteiger partial charge in [-0.3, -0.25) is 4.79 Å². The van der Waals surface area contributed by atoms with Gasteiger partial charge in [-0.15, -0.1) is 0 Å². The van der Waals surface area contributed by atoms with Crippen molar-refractivity contribution in [2.75, 3.05) is 13.2 Å². The fraction of sp³-hybridized carbons (Fsp3) is 0.353. The summed E-state index contributed by atoms with van der Waals surface area (Å²) in [6.45, 7) is 5.59. The average molecular weight is 303 g/mol. The summed E-state index contributed by atoms with van der Waals surface area (Å²) in [7, 11) is 0. The predicted molar refractivity (Wildman–Crippen MR) is 86.7 cm³/mol. The summed E-state index contributed by atoms with van der Waals surface area (Å²) in [6, 6.07) is 9.82. The Morgan fingerprint density at radius 1 is 1.33 bits per heavy atom. The molecule has 2 aromatic rings. The second kappa shape index (κ2) is 7.84. The first kappa shape index (κ1) is 15.6. The Bertz CT molecular complexity index is 566. The van der Waals surface area contributed by atoms with Crippen molar-refractivity contribution in [3.63, 3.8) is 0 Å². The molecular weight excluding hydrogens is 282 g/mol. The Balaban J connectivity index is 1.92. The Morgan fingerprint density at radius 2 is 2.19 bits per heavy atom. The van der Waals surface area contributed by atoms with Crippen LogP contribution in [0.4, 0.5) is 0 Å². The first-order valence-electron chi connectivity index (χ1n) is 7.17. The molecule has 112 valence electrons. The van der Waals surface area contributed by atoms with Crippen LogP contribution in [-0.4, -0.2) is 24.0 Å². The number of carbonyl (C=O) groups excluding carboxylic acids is 1. The molecular formula is C17H21NO2S. The van der Waals surface area contributed by atoms with E-state index in [1.165, 1.54) is 5.56 Å². The van der Waals surface area contributed by atoms with Gasteiger partial charge in [0.05, 0.1) is 0 Å². The molecule has 1 aromatic carbocycles. The highest BCUT2D eigenvalue weighted by molar-refractivity contribution is 7.07. The molecule has 0 fully saturated rings. The maximum atomic E-state index is 12.3. The Morgan fingerprint density at radius 3 is 2.86 bits per heavy atom. The van der Waals surface area contributed by atoms with Gasteiger partial charge in [0.2, 0.25) is 0 Å². The van der Waals surface area contributed by atoms with Gasteiger partial charge < -0.3 is 9.64 Å². The summed E-state index contributed by atoms with van der Waals surface area (Å²) in [5.41, 5.74) is 2.31. The third-order valence-electron chi connectivity index (χ3n) is 3.15. The zero-order valence-corrected chi connectivity index (χ0v) is 13.4. The summed E-state index contributed by atoms with van der Waals surface area (Å²) in [5, 5.41) is 4.12. The molecule has 2 rings (SSSR count). The van der Waals surface area contributed by atoms with Crippen LogP contribution in [-0.2, 0) is 11.3 Å². The first-order valence-corrected chi connectivity index (χ1v) is 8.11. The third kappa shape index (κ3) is 4.90. The summed E-state index contributed by atoms with van der Waals surface area (Å²) in [4.78, 5) is 14.2. The Hall–Kier alpha value is -1.81. The number of ether oxygens (including phenoxy) is 1. The summed E-state index contributed by atoms with van der Waals surface area (Å²) in [5.74, 6) is 0.778. The topological polar surface area (TPSA) is 29.5 Å². The molecule has 0 radical (unpaired) electrons. The van der Waals surface area contributed by atoms with E-state index < -0.39 is 0 Å². The smallest absolute Gasteiger partial charge is 0.260 e. The van der Waals surface area contributed by atoms with E-state index in [4.69, 9.17) is 4.74 Å². The molecule has 1 aromatic heterocycles. The van der Waals surface area contributed by atoms with Gasteiger partial charge in [0.25, 0.3) is 5.91 Å². The summed E-state index contributed by atoms with van der Waals surface area (Å²) >= 11 is 1.65. The van der Waals surface area contributed by atoms with E-state index in [1.54, 1.807) is 11.3 Å². The molecule has 0 atom stereocenters. The molecule has 1 heterocycles. The predicted octanol–water partition coefficient (Wildman–Crippen LogP) is 3.87. The largest absolute Gasteiger partial charge is 0.484 e. The minimum absolute atomic E-state index is 0.0320. The van der Waals surface area contributed by atoms with Crippen LogP contribution in [0.2, 0.25) is 0 Å². The molecule has 4 heteroatoms. The average Bonchev–Trinajstić information content (AvgIpc) is 2.97. The number of thiophene rings is 1. The molecule has 0 saturated heterocycles. The van der Waals surface area contributed by atoms with E-state index >= 15 is 0 Å². The van der Waals surface area contributed by atoms with Crippen LogP contribution in [0.15, 0.2) is 41.1 Å². The molecule has 1 amide bonds. The number of benzene rings is 1. The van der Waals surface area contributed by atoms with E-state index in [-0.39, 0.29) is 12.5 Å². The van der Waals surface area contributed by atoms with Crippen LogP contribution >= 0.6 is 11.3 Å². The van der Waals surface area contributed by atoms with Gasteiger partial charge in [0.15, 0.2) is 6.61 Å². The van der Waals surface area contributed by atoms with Crippen LogP contribution < -0.4 is 4.74 Å². The molecule has 0 aliphatic heterocycles. The van der Waals surface area contributed by atoms with Crippen molar-refractivity contribution in [2.45, 2.75) is 26.8 Å². The molecule has 0 N–H and O–H groups in total. The fourth-order valence-corrected chi connectivity index (χ4v) is 2.77. The lowest BCUT2D eigenvalue weighted by Gasteiger charge is -2.21. The Labute approximate surface area is 130 Å². The SMILES string of the molecule is CCCN(Cc1ccsc1)C(=O)COc1cccc(C)c1. The maximum absolute atomic E-state index is 12.3. The molecule has 0 saturated carbocycles. The molecule has 0 spiro atoms. The second-order valence-corrected chi connectivity index (χ2v) is 5.83. The van der Waals surface area contributed by atoms with Gasteiger partial charge >= 0.3 is 0 Å². The molecule has 3 nitrogen and oxygen atoms in total. The second-order valence-electron chi connectivity index (χ2n) is 5.05. The van der Waals surface area contributed by atoms with E-state index in [9.17, 15) is 4.79 Å². The third-order valence-corrected chi connectivity index (χ3v) is 3.88. The quantitative estimate of drug-likeness (QED) is 0.777. The number of aryl methyl sites for hydroxylation is 1. The van der Waals surface area contributed by atoms with Gasteiger partial charge in [-0.05, 0) is 53.4 Å². The number of hydrogen-bond donors (Lipinski definition) is 0. The highest BCUT2D eigenvalue weighted by Crippen LogP contribution is 2.14. The van der Waals surface area contributed by atoms with Crippen LogP contribution in [0.3, 0.4) is 0 Å². The zero-order valence-electron chi connectivity index (χ0n) is 12.5. The van der Waals surface area contributed by atoms with Crippen molar-refractivity contribution in [1.82, 2.24) is 4.90 Å². The normalized spacial score (nSPS) is 10.4. The van der Waals surface area contributed by atoms with Crippen LogP contribution in [0.5, 0.6) is 5.75 Å². The van der Waals surface area contributed by atoms with Crippen molar-refractivity contribution in [3.8, 4) is 5.75 Å². The number of nitrogens with zero attached hydrogens (tertiary/aromatic N) is 1. The van der Waals surface area contributed by atoms with E-state index in [1.807, 2.05) is 41.5 Å². The van der Waals surface area contributed by atoms with Crippen molar-refractivity contribution in [1.29, 1.82) is 0 Å². The van der Waals surface area contributed by atoms with Gasteiger partial charge in [-0.1, -0.05) is 19.1 Å². The van der Waals surface area contributed by atoms with E-state index in [2.05, 4.69) is 18.4 Å². The molecule has 0 aliphatic rings. The number of rotatable bonds is 7. The van der Waals surface area contributed by atoms with Gasteiger partial charge in [0.1, 0.15) is 5.75 Å². The van der Waals surface area contributed by atoms with Crippen LogP contribution in [0, 0.1) is 6.92 Å². The van der Waals surface area contributed by atoms with Crippen molar-refractivity contribution < 1.29 is 9.53 Å². The lowest BCUT2D eigenvalue weighted by molar-refractivity contribution is -0.134. The van der Waals surface area contributed by atoms with Crippen molar-refractivity contribution in [3.05, 3.63) is 52.2 Å². The number of amides is 1. The fourth-order valence-electron chi connectivity index (χ4n) is 2.11. The van der Waals surface area contributed by atoms with E-state index in [0.29, 0.717) is 6.54 Å². The molecule has 21 heavy (non-hydrogen) atoms. The molecule has 0 bridgehead atoms. The summed E-state index contributed by atoms with van der Waals surface area (Å²) in [6.07, 6.45) is 0.945. The minimum atomic E-state index is 0.0320. The van der Waals surface area contributed by atoms with E-state index in [0.717, 1.165) is 24.3 Å². The maximum Gasteiger partial charge on any atom is 0.260 e. The standard InChI is InChI=1S/C17H21NO2S/c1-3-8-18(11-15-7-9-21-13-15)17(19)12-20-16-6-4-5-14(2)10-16/h4-7,9-10,13H,3,8,11-12H2,1-2H3. The molecule has 0 unspecified atom stereocenters. The van der Waals surface area contributed by atoms with Crippen LogP contribution in [0.1, 0.15) is 24.5 Å². The number of hydrogen-bond acceptors (Lipinski definition) is 3.